The van der Waals surface area contributed by atoms with Crippen molar-refractivity contribution in [2.75, 3.05) is 13.2 Å². The summed E-state index contributed by atoms with van der Waals surface area (Å²) in [6, 6.07) is 0. The first kappa shape index (κ1) is 56.2. The molecular weight excluding hydrogens is 764 g/mol. The first-order chi connectivity index (χ1) is 28.7. The fraction of sp³-hybridized carbons (Fsp3) is 0.673. The van der Waals surface area contributed by atoms with Crippen LogP contribution in [-0.4, -0.2) is 52.3 Å². The van der Waals surface area contributed by atoms with Crippen molar-refractivity contribution in [3.8, 4) is 0 Å². The van der Waals surface area contributed by atoms with Gasteiger partial charge in [0.15, 0.2) is 6.10 Å². The quantitative estimate of drug-likeness (QED) is 0.0180. The second-order valence-electron chi connectivity index (χ2n) is 15.2. The van der Waals surface area contributed by atoms with Crippen molar-refractivity contribution in [1.82, 2.24) is 0 Å². The molecule has 0 radical (unpaired) electrons. The fourth-order valence-corrected chi connectivity index (χ4v) is 6.43. The van der Waals surface area contributed by atoms with Gasteiger partial charge in [0.1, 0.15) is 6.61 Å². The summed E-state index contributed by atoms with van der Waals surface area (Å²) in [5.41, 5.74) is 0. The van der Waals surface area contributed by atoms with Crippen molar-refractivity contribution < 1.29 is 43.0 Å². The number of phosphoric acid groups is 1. The van der Waals surface area contributed by atoms with Crippen LogP contribution in [-0.2, 0) is 28.2 Å². The number of aliphatic hydroxyl groups is 1. The van der Waals surface area contributed by atoms with Crippen molar-refractivity contribution >= 4 is 19.8 Å². The van der Waals surface area contributed by atoms with Crippen LogP contribution in [0, 0.1) is 0 Å². The van der Waals surface area contributed by atoms with Crippen LogP contribution in [0.5, 0.6) is 0 Å². The number of hydrogen-bond donors (Lipinski definition) is 3. The molecule has 338 valence electrons. The molecule has 1 unspecified atom stereocenters. The maximum Gasteiger partial charge on any atom is 0.469 e. The molecule has 0 aromatic rings. The van der Waals surface area contributed by atoms with E-state index >= 15 is 0 Å². The van der Waals surface area contributed by atoms with E-state index in [0.717, 1.165) is 44.9 Å². The molecule has 0 saturated carbocycles. The molecule has 59 heavy (non-hydrogen) atoms. The molecule has 9 nitrogen and oxygen atoms in total. The van der Waals surface area contributed by atoms with E-state index in [1.165, 1.54) is 96.3 Å². The molecule has 0 aliphatic carbocycles. The van der Waals surface area contributed by atoms with Crippen LogP contribution >= 0.6 is 7.82 Å². The molecule has 0 rings (SSSR count). The van der Waals surface area contributed by atoms with Gasteiger partial charge in [0.2, 0.25) is 0 Å². The number of rotatable bonds is 41. The molecule has 0 amide bonds. The zero-order valence-corrected chi connectivity index (χ0v) is 37.9. The lowest BCUT2D eigenvalue weighted by Crippen LogP contribution is -2.29. The largest absolute Gasteiger partial charge is 0.469 e. The smallest absolute Gasteiger partial charge is 0.462 e. The number of aliphatic hydroxyl groups excluding tert-OH is 1. The molecule has 3 N–H and O–H groups in total. The average Bonchev–Trinajstić information content (AvgIpc) is 3.20. The zero-order valence-electron chi connectivity index (χ0n) is 37.0. The molecule has 0 aliphatic heterocycles. The Morgan fingerprint density at radius 3 is 1.61 bits per heavy atom. The number of allylic oxidation sites excluding steroid dienone is 12. The monoisotopic (exact) mass is 847 g/mol. The van der Waals surface area contributed by atoms with Gasteiger partial charge in [0.05, 0.1) is 12.7 Å². The number of unbranched alkanes of at least 4 members (excludes halogenated alkanes) is 17. The third kappa shape index (κ3) is 46.1. The van der Waals surface area contributed by atoms with E-state index in [0.29, 0.717) is 19.3 Å². The van der Waals surface area contributed by atoms with Crippen molar-refractivity contribution in [3.05, 3.63) is 85.1 Å². The zero-order chi connectivity index (χ0) is 43.3. The Bertz CT molecular complexity index is 1240. The molecule has 0 aliphatic rings. The van der Waals surface area contributed by atoms with E-state index in [1.54, 1.807) is 6.08 Å². The third-order valence-corrected chi connectivity index (χ3v) is 9.98. The van der Waals surface area contributed by atoms with Crippen molar-refractivity contribution in [2.45, 2.75) is 199 Å². The van der Waals surface area contributed by atoms with Crippen LogP contribution in [0.25, 0.3) is 0 Å². The lowest BCUT2D eigenvalue weighted by atomic mass is 10.0. The van der Waals surface area contributed by atoms with E-state index in [9.17, 15) is 19.3 Å². The Kier molecular flexibility index (Phi) is 41.2. The molecule has 0 heterocycles. The number of phosphoric ester groups is 1. The van der Waals surface area contributed by atoms with E-state index in [4.69, 9.17) is 19.3 Å². The number of carbonyl (C=O) groups excluding carboxylic acids is 2. The summed E-state index contributed by atoms with van der Waals surface area (Å²) in [7, 11) is -4.79. The number of hydrogen-bond acceptors (Lipinski definition) is 7. The van der Waals surface area contributed by atoms with Crippen LogP contribution in [0.2, 0.25) is 0 Å². The predicted octanol–water partition coefficient (Wildman–Crippen LogP) is 13.4. The Hall–Kier alpha value is -2.81. The molecule has 0 bridgehead atoms. The highest BCUT2D eigenvalue weighted by Gasteiger charge is 2.22. The van der Waals surface area contributed by atoms with Crippen LogP contribution < -0.4 is 0 Å². The van der Waals surface area contributed by atoms with Crippen molar-refractivity contribution in [3.63, 3.8) is 0 Å². The highest BCUT2D eigenvalue weighted by molar-refractivity contribution is 7.46. The van der Waals surface area contributed by atoms with Gasteiger partial charge >= 0.3 is 19.8 Å². The molecule has 0 fully saturated rings. The normalized spacial score (nSPS) is 13.8. The predicted molar refractivity (Wildman–Crippen MR) is 245 cm³/mol. The highest BCUT2D eigenvalue weighted by Crippen LogP contribution is 2.36. The summed E-state index contributed by atoms with van der Waals surface area (Å²) < 4.78 is 26.4. The van der Waals surface area contributed by atoms with E-state index in [1.807, 2.05) is 48.6 Å². The Morgan fingerprint density at radius 1 is 0.542 bits per heavy atom. The van der Waals surface area contributed by atoms with Crippen LogP contribution in [0.4, 0.5) is 0 Å². The SMILES string of the molecule is CC/C=C\CC(O)/C=C/C=C/C/C=C\C/C=C\C/C=C\CCC(=O)OC[C@H](COP(=O)(O)O)OC(=O)CCCCCCCCCCCCC/C=C\CCCCCCCC. The Labute approximate surface area is 359 Å². The summed E-state index contributed by atoms with van der Waals surface area (Å²) in [6.07, 6.45) is 55.1. The topological polar surface area (TPSA) is 140 Å². The average molecular weight is 847 g/mol. The first-order valence-electron chi connectivity index (χ1n) is 23.0. The molecular formula is C49H83O9P. The molecule has 2 atom stereocenters. The lowest BCUT2D eigenvalue weighted by molar-refractivity contribution is -0.161. The summed E-state index contributed by atoms with van der Waals surface area (Å²) in [4.78, 5) is 42.9. The maximum absolute atomic E-state index is 12.4. The van der Waals surface area contributed by atoms with E-state index in [-0.39, 0.29) is 19.4 Å². The van der Waals surface area contributed by atoms with E-state index in [2.05, 4.69) is 48.8 Å². The Balaban J connectivity index is 4.02. The van der Waals surface area contributed by atoms with Gasteiger partial charge in [-0.3, -0.25) is 14.1 Å². The summed E-state index contributed by atoms with van der Waals surface area (Å²) in [5, 5.41) is 9.82. The number of carbonyl (C=O) groups is 2. The molecule has 0 spiro atoms. The van der Waals surface area contributed by atoms with Gasteiger partial charge in [-0.25, -0.2) is 4.57 Å². The van der Waals surface area contributed by atoms with Crippen LogP contribution in [0.1, 0.15) is 187 Å². The standard InChI is InChI=1S/C49H83O9P/c1-3-5-7-8-9-10-11-12-13-14-15-16-17-18-19-22-26-29-32-35-39-43-49(52)58-47(45-57-59(53,54)55)44-56-48(51)42-38-34-31-28-25-23-20-21-24-27-30-33-37-41-46(50)40-36-6-4-2/h6,12-13,21,23-25,30-31,33-34,36-37,41,46-47,50H,3-5,7-11,14-20,22,26-29,32,35,38-40,42-45H2,1-2H3,(H2,53,54,55)/b13-12-,24-21-,25-23-,33-30+,34-31-,36-6-,41-37+/t46?,47-/m1/s1. The summed E-state index contributed by atoms with van der Waals surface area (Å²) in [6.45, 7) is 3.42. The lowest BCUT2D eigenvalue weighted by Gasteiger charge is -2.18. The second-order valence-corrected chi connectivity index (χ2v) is 16.4. The maximum atomic E-state index is 12.4. The Morgan fingerprint density at radius 2 is 1.05 bits per heavy atom. The molecule has 0 aromatic heterocycles. The third-order valence-electron chi connectivity index (χ3n) is 9.49. The molecule has 10 heteroatoms. The molecule has 0 aromatic carbocycles. The van der Waals surface area contributed by atoms with E-state index < -0.39 is 38.6 Å². The van der Waals surface area contributed by atoms with Gasteiger partial charge in [-0.2, -0.15) is 0 Å². The van der Waals surface area contributed by atoms with Crippen molar-refractivity contribution in [2.24, 2.45) is 0 Å². The van der Waals surface area contributed by atoms with Gasteiger partial charge in [-0.15, -0.1) is 0 Å². The fourth-order valence-electron chi connectivity index (χ4n) is 6.07. The van der Waals surface area contributed by atoms with Gasteiger partial charge in [0.25, 0.3) is 0 Å². The summed E-state index contributed by atoms with van der Waals surface area (Å²) >= 11 is 0. The van der Waals surface area contributed by atoms with Crippen LogP contribution in [0.15, 0.2) is 85.1 Å². The number of ether oxygens (including phenoxy) is 2. The molecule has 0 saturated heterocycles. The van der Waals surface area contributed by atoms with Gasteiger partial charge in [-0.1, -0.05) is 189 Å². The van der Waals surface area contributed by atoms with Crippen LogP contribution in [0.3, 0.4) is 0 Å². The van der Waals surface area contributed by atoms with Gasteiger partial charge < -0.3 is 24.4 Å². The minimum absolute atomic E-state index is 0.123. The van der Waals surface area contributed by atoms with Crippen molar-refractivity contribution in [1.29, 1.82) is 0 Å². The summed E-state index contributed by atoms with van der Waals surface area (Å²) in [5.74, 6) is -1.01. The first-order valence-corrected chi connectivity index (χ1v) is 24.5. The minimum Gasteiger partial charge on any atom is -0.462 e. The minimum atomic E-state index is -4.79. The van der Waals surface area contributed by atoms with Gasteiger partial charge in [0, 0.05) is 12.8 Å². The van der Waals surface area contributed by atoms with Gasteiger partial charge in [-0.05, 0) is 70.6 Å². The number of esters is 2. The highest BCUT2D eigenvalue weighted by atomic mass is 31.2. The second kappa shape index (κ2) is 43.3.